The van der Waals surface area contributed by atoms with Gasteiger partial charge in [0.15, 0.2) is 0 Å². The molecule has 0 radical (unpaired) electrons. The average Bonchev–Trinajstić information content (AvgIpc) is 2.90. The van der Waals surface area contributed by atoms with E-state index in [0.29, 0.717) is 0 Å². The van der Waals surface area contributed by atoms with Gasteiger partial charge in [0, 0.05) is 0 Å². The van der Waals surface area contributed by atoms with Crippen molar-refractivity contribution < 1.29 is 43.3 Å². The van der Waals surface area contributed by atoms with Gasteiger partial charge in [-0.1, -0.05) is 59.6 Å². The third kappa shape index (κ3) is 6.67. The van der Waals surface area contributed by atoms with Crippen molar-refractivity contribution in [2.45, 2.75) is 12.2 Å². The van der Waals surface area contributed by atoms with E-state index in [2.05, 4.69) is 10.1 Å². The quantitative estimate of drug-likeness (QED) is 0.290. The maximum absolute atomic E-state index is 13.3. The molecule has 3 aromatic rings. The van der Waals surface area contributed by atoms with Gasteiger partial charge in [0.25, 0.3) is 5.91 Å². The number of benzene rings is 3. The molecule has 0 aliphatic carbocycles. The van der Waals surface area contributed by atoms with E-state index in [1.807, 2.05) is 0 Å². The van der Waals surface area contributed by atoms with E-state index in [4.69, 9.17) is 32.7 Å². The molecule has 0 fully saturated rings. The first kappa shape index (κ1) is 28.2. The number of halogens is 2. The van der Waals surface area contributed by atoms with Crippen molar-refractivity contribution in [1.29, 1.82) is 0 Å². The van der Waals surface area contributed by atoms with Crippen LogP contribution in [0.1, 0.15) is 31.1 Å². The van der Waals surface area contributed by atoms with Gasteiger partial charge in [0.2, 0.25) is 12.2 Å². The summed E-state index contributed by atoms with van der Waals surface area (Å²) in [6, 6.07) is 17.0. The molecule has 196 valence electrons. The second kappa shape index (κ2) is 12.7. The van der Waals surface area contributed by atoms with E-state index in [-0.39, 0.29) is 32.4 Å². The van der Waals surface area contributed by atoms with Crippen LogP contribution in [-0.2, 0) is 23.8 Å². The number of carboxylic acid groups (broad SMARTS) is 1. The summed E-state index contributed by atoms with van der Waals surface area (Å²) in [5.74, 6) is -6.19. The zero-order chi connectivity index (χ0) is 27.8. The van der Waals surface area contributed by atoms with Gasteiger partial charge >= 0.3 is 23.9 Å². The van der Waals surface area contributed by atoms with Gasteiger partial charge in [0.1, 0.15) is 0 Å². The van der Waals surface area contributed by atoms with Crippen molar-refractivity contribution in [3.63, 3.8) is 0 Å². The second-order valence-corrected chi connectivity index (χ2v) is 8.29. The van der Waals surface area contributed by atoms with Crippen LogP contribution < -0.4 is 5.32 Å². The zero-order valence-electron chi connectivity index (χ0n) is 19.6. The molecule has 38 heavy (non-hydrogen) atoms. The Hall–Kier alpha value is -4.41. The minimum Gasteiger partial charge on any atom is -0.478 e. The highest BCUT2D eigenvalue weighted by molar-refractivity contribution is 6.34. The SMILES string of the molecule is COC(=O)c1ccccc1NC(=O)[C@@H](OC(=O)c1ccccc1Cl)[C@H](OC(=O)c1ccccc1Cl)C(=O)O. The maximum Gasteiger partial charge on any atom is 0.349 e. The minimum absolute atomic E-state index is 0.0346. The Bertz CT molecular complexity index is 1390. The molecular weight excluding hydrogens is 541 g/mol. The van der Waals surface area contributed by atoms with Gasteiger partial charge in [-0.15, -0.1) is 0 Å². The largest absolute Gasteiger partial charge is 0.478 e. The molecule has 0 bridgehead atoms. The van der Waals surface area contributed by atoms with Gasteiger partial charge in [-0.3, -0.25) is 4.79 Å². The third-order valence-corrected chi connectivity index (χ3v) is 5.68. The molecule has 0 spiro atoms. The van der Waals surface area contributed by atoms with E-state index in [1.54, 1.807) is 6.07 Å². The zero-order valence-corrected chi connectivity index (χ0v) is 21.1. The molecule has 2 N–H and O–H groups in total. The molecule has 0 unspecified atom stereocenters. The molecule has 0 aromatic heterocycles. The van der Waals surface area contributed by atoms with E-state index in [0.717, 1.165) is 7.11 Å². The number of para-hydroxylation sites is 1. The number of carbonyl (C=O) groups is 5. The molecule has 0 aliphatic rings. The maximum atomic E-state index is 13.3. The second-order valence-electron chi connectivity index (χ2n) is 7.48. The molecular formula is C26H19Cl2NO9. The summed E-state index contributed by atoms with van der Waals surface area (Å²) in [5, 5.41) is 12.1. The number of ether oxygens (including phenoxy) is 3. The number of carbonyl (C=O) groups excluding carboxylic acids is 4. The Labute approximate surface area is 226 Å². The molecule has 3 rings (SSSR count). The van der Waals surface area contributed by atoms with Crippen LogP contribution in [0.3, 0.4) is 0 Å². The number of amides is 1. The van der Waals surface area contributed by atoms with Crippen molar-refractivity contribution >= 4 is 58.7 Å². The average molecular weight is 560 g/mol. The predicted molar refractivity (Wildman–Crippen MR) is 135 cm³/mol. The van der Waals surface area contributed by atoms with Gasteiger partial charge in [0.05, 0.1) is 39.5 Å². The first-order valence-corrected chi connectivity index (χ1v) is 11.5. The lowest BCUT2D eigenvalue weighted by Crippen LogP contribution is -2.48. The lowest BCUT2D eigenvalue weighted by atomic mass is 10.1. The topological polar surface area (TPSA) is 145 Å². The molecule has 10 nitrogen and oxygen atoms in total. The Morgan fingerprint density at radius 2 is 1.13 bits per heavy atom. The van der Waals surface area contributed by atoms with Crippen molar-refractivity contribution in [2.24, 2.45) is 0 Å². The van der Waals surface area contributed by atoms with Gasteiger partial charge in [-0.05, 0) is 36.4 Å². The van der Waals surface area contributed by atoms with Gasteiger partial charge in [-0.25, -0.2) is 19.2 Å². The fourth-order valence-electron chi connectivity index (χ4n) is 3.19. The van der Waals surface area contributed by atoms with E-state index in [1.165, 1.54) is 66.7 Å². The van der Waals surface area contributed by atoms with Crippen LogP contribution >= 0.6 is 23.2 Å². The number of aliphatic carboxylic acids is 1. The summed E-state index contributed by atoms with van der Waals surface area (Å²) < 4.78 is 15.0. The standard InChI is InChI=1S/C26H19Cl2NO9/c1-36-24(33)16-10-4-7-13-19(16)29-22(30)20(37-25(34)14-8-2-5-11-17(14)27)21(23(31)32)38-26(35)15-9-3-6-12-18(15)28/h2-13,20-21H,1H3,(H,29,30)(H,31,32)/t20-,21-/m0/s1. The summed E-state index contributed by atoms with van der Waals surface area (Å²) in [6.45, 7) is 0. The van der Waals surface area contributed by atoms with Crippen LogP contribution in [0, 0.1) is 0 Å². The summed E-state index contributed by atoms with van der Waals surface area (Å²) >= 11 is 12.0. The normalized spacial score (nSPS) is 12.0. The van der Waals surface area contributed by atoms with Crippen LogP contribution in [0.2, 0.25) is 10.0 Å². The Morgan fingerprint density at radius 3 is 1.61 bits per heavy atom. The van der Waals surface area contributed by atoms with Crippen molar-refractivity contribution in [3.8, 4) is 0 Å². The Morgan fingerprint density at radius 1 is 0.684 bits per heavy atom. The number of carboxylic acids is 1. The lowest BCUT2D eigenvalue weighted by Gasteiger charge is -2.24. The minimum atomic E-state index is -2.32. The van der Waals surface area contributed by atoms with Crippen LogP contribution in [0.5, 0.6) is 0 Å². The predicted octanol–water partition coefficient (Wildman–Crippen LogP) is 4.25. The molecule has 0 saturated heterocycles. The Kier molecular flexibility index (Phi) is 9.42. The number of anilines is 1. The van der Waals surface area contributed by atoms with E-state index < -0.39 is 42.0 Å². The van der Waals surface area contributed by atoms with Crippen molar-refractivity contribution in [2.75, 3.05) is 12.4 Å². The number of nitrogens with one attached hydrogen (secondary N) is 1. The summed E-state index contributed by atoms with van der Waals surface area (Å²) in [7, 11) is 1.13. The van der Waals surface area contributed by atoms with E-state index in [9.17, 15) is 29.1 Å². The molecule has 3 aromatic carbocycles. The molecule has 0 heterocycles. The smallest absolute Gasteiger partial charge is 0.349 e. The molecule has 0 saturated carbocycles. The fraction of sp³-hybridized carbons (Fsp3) is 0.115. The van der Waals surface area contributed by atoms with Crippen LogP contribution in [0.4, 0.5) is 5.69 Å². The summed E-state index contributed by atoms with van der Waals surface area (Å²) in [6.07, 6.45) is -4.55. The summed E-state index contributed by atoms with van der Waals surface area (Å²) in [4.78, 5) is 63.2. The highest BCUT2D eigenvalue weighted by Crippen LogP contribution is 2.23. The highest BCUT2D eigenvalue weighted by Gasteiger charge is 2.41. The van der Waals surface area contributed by atoms with Crippen LogP contribution in [-0.4, -0.2) is 54.2 Å². The summed E-state index contributed by atoms with van der Waals surface area (Å²) in [5.41, 5.74) is -0.513. The van der Waals surface area contributed by atoms with Gasteiger partial charge < -0.3 is 24.6 Å². The number of esters is 3. The number of rotatable bonds is 9. The number of hydrogen-bond acceptors (Lipinski definition) is 8. The highest BCUT2D eigenvalue weighted by atomic mass is 35.5. The van der Waals surface area contributed by atoms with Crippen LogP contribution in [0.25, 0.3) is 0 Å². The monoisotopic (exact) mass is 559 g/mol. The first-order chi connectivity index (χ1) is 18.1. The lowest BCUT2D eigenvalue weighted by molar-refractivity contribution is -0.157. The van der Waals surface area contributed by atoms with Gasteiger partial charge in [-0.2, -0.15) is 0 Å². The third-order valence-electron chi connectivity index (χ3n) is 5.02. The molecule has 0 aliphatic heterocycles. The van der Waals surface area contributed by atoms with Crippen LogP contribution in [0.15, 0.2) is 72.8 Å². The van der Waals surface area contributed by atoms with Crippen molar-refractivity contribution in [1.82, 2.24) is 0 Å². The van der Waals surface area contributed by atoms with E-state index >= 15 is 0 Å². The number of hydrogen-bond donors (Lipinski definition) is 2. The molecule has 1 amide bonds. The number of methoxy groups -OCH3 is 1. The molecule has 2 atom stereocenters. The first-order valence-electron chi connectivity index (χ1n) is 10.8. The van der Waals surface area contributed by atoms with Crippen molar-refractivity contribution in [3.05, 3.63) is 99.5 Å². The fourth-order valence-corrected chi connectivity index (χ4v) is 3.62. The Balaban J connectivity index is 1.99. The molecule has 12 heteroatoms.